The van der Waals surface area contributed by atoms with Gasteiger partial charge < -0.3 is 19.1 Å². The molecule has 3 heterocycles. The van der Waals surface area contributed by atoms with Crippen LogP contribution in [0.2, 0.25) is 5.15 Å². The summed E-state index contributed by atoms with van der Waals surface area (Å²) in [5.41, 5.74) is 0.736. The molecule has 0 unspecified atom stereocenters. The van der Waals surface area contributed by atoms with Gasteiger partial charge in [0.15, 0.2) is 0 Å². The average Bonchev–Trinajstić information content (AvgIpc) is 2.94. The molecule has 0 bridgehead atoms. The molecule has 1 saturated carbocycles. The van der Waals surface area contributed by atoms with Crippen molar-refractivity contribution >= 4 is 29.2 Å². The highest BCUT2D eigenvalue weighted by Crippen LogP contribution is 2.30. The third-order valence-electron chi connectivity index (χ3n) is 5.39. The van der Waals surface area contributed by atoms with E-state index in [4.69, 9.17) is 25.8 Å². The third-order valence-corrected chi connectivity index (χ3v) is 5.68. The van der Waals surface area contributed by atoms with Gasteiger partial charge in [-0.3, -0.25) is 9.59 Å². The Hall–Kier alpha value is -2.94. The van der Waals surface area contributed by atoms with Crippen molar-refractivity contribution in [3.05, 3.63) is 35.4 Å². The van der Waals surface area contributed by atoms with Gasteiger partial charge in [0.25, 0.3) is 5.91 Å². The molecule has 1 amide bonds. The first kappa shape index (κ1) is 21.3. The van der Waals surface area contributed by atoms with Crippen LogP contribution in [0.1, 0.15) is 43.0 Å². The number of amides is 1. The minimum Gasteiger partial charge on any atom is -0.475 e. The first-order valence-corrected chi connectivity index (χ1v) is 10.7. The quantitative estimate of drug-likeness (QED) is 0.509. The summed E-state index contributed by atoms with van der Waals surface area (Å²) in [6.07, 6.45) is 5.87. The minimum absolute atomic E-state index is 0.0000717. The Morgan fingerprint density at radius 1 is 1.23 bits per heavy atom. The Bertz CT molecular complexity index is 947. The average molecular weight is 447 g/mol. The molecule has 1 aliphatic carbocycles. The van der Waals surface area contributed by atoms with E-state index in [2.05, 4.69) is 15.0 Å². The largest absolute Gasteiger partial charge is 0.475 e. The lowest BCUT2D eigenvalue weighted by Crippen LogP contribution is -2.32. The molecule has 0 aromatic carbocycles. The van der Waals surface area contributed by atoms with Crippen molar-refractivity contribution in [3.8, 4) is 11.8 Å². The normalized spacial score (nSPS) is 21.0. The smallest absolute Gasteiger partial charge is 0.308 e. The van der Waals surface area contributed by atoms with Crippen molar-refractivity contribution in [1.82, 2.24) is 15.0 Å². The molecule has 2 aromatic rings. The van der Waals surface area contributed by atoms with E-state index in [1.165, 1.54) is 11.2 Å². The van der Waals surface area contributed by atoms with Gasteiger partial charge in [0.2, 0.25) is 11.8 Å². The lowest BCUT2D eigenvalue weighted by Gasteiger charge is -2.27. The van der Waals surface area contributed by atoms with Crippen molar-refractivity contribution in [2.75, 3.05) is 24.7 Å². The number of esters is 1. The van der Waals surface area contributed by atoms with Gasteiger partial charge in [-0.05, 0) is 38.7 Å². The van der Waals surface area contributed by atoms with Crippen molar-refractivity contribution < 1.29 is 23.8 Å². The number of halogens is 1. The van der Waals surface area contributed by atoms with Crippen LogP contribution in [-0.4, -0.2) is 52.7 Å². The fourth-order valence-corrected chi connectivity index (χ4v) is 4.01. The predicted molar refractivity (Wildman–Crippen MR) is 111 cm³/mol. The van der Waals surface area contributed by atoms with Gasteiger partial charge in [-0.15, -0.1) is 0 Å². The molecule has 1 aliphatic heterocycles. The van der Waals surface area contributed by atoms with Gasteiger partial charge in [0, 0.05) is 6.07 Å². The summed E-state index contributed by atoms with van der Waals surface area (Å²) >= 11 is 6.10. The maximum atomic E-state index is 13.0. The molecule has 0 radical (unpaired) electrons. The lowest BCUT2D eigenvalue weighted by atomic mass is 9.87. The van der Waals surface area contributed by atoms with Crippen LogP contribution >= 0.6 is 11.6 Å². The lowest BCUT2D eigenvalue weighted by molar-refractivity contribution is -0.149. The summed E-state index contributed by atoms with van der Waals surface area (Å²) in [4.78, 5) is 38.6. The van der Waals surface area contributed by atoms with E-state index in [-0.39, 0.29) is 47.1 Å². The second-order valence-corrected chi connectivity index (χ2v) is 7.71. The van der Waals surface area contributed by atoms with Crippen molar-refractivity contribution in [2.24, 2.45) is 5.92 Å². The number of pyridine rings is 1. The molecule has 2 aliphatic rings. The molecule has 2 aromatic heterocycles. The van der Waals surface area contributed by atoms with Gasteiger partial charge in [0.1, 0.15) is 29.8 Å². The zero-order valence-corrected chi connectivity index (χ0v) is 17.9. The monoisotopic (exact) mass is 446 g/mol. The molecule has 0 atom stereocenters. The first-order valence-electron chi connectivity index (χ1n) is 10.3. The molecule has 0 saturated heterocycles. The van der Waals surface area contributed by atoms with Gasteiger partial charge >= 0.3 is 5.97 Å². The van der Waals surface area contributed by atoms with E-state index in [1.54, 1.807) is 18.3 Å². The number of hydrogen-bond acceptors (Lipinski definition) is 8. The van der Waals surface area contributed by atoms with Gasteiger partial charge in [0.05, 0.1) is 31.0 Å². The highest BCUT2D eigenvalue weighted by Gasteiger charge is 2.30. The van der Waals surface area contributed by atoms with Crippen LogP contribution in [0.4, 0.5) is 5.69 Å². The summed E-state index contributed by atoms with van der Waals surface area (Å²) in [6.45, 7) is 2.82. The molecular weight excluding hydrogens is 424 g/mol. The SMILES string of the molecule is CCOC(=O)C1CCC(Oc2ccc(N3CCOc4ncnc(Cl)c4C3=O)cn2)CC1. The van der Waals surface area contributed by atoms with Crippen molar-refractivity contribution in [3.63, 3.8) is 0 Å². The number of nitrogens with zero attached hydrogens (tertiary/aromatic N) is 4. The minimum atomic E-state index is -0.342. The van der Waals surface area contributed by atoms with Gasteiger partial charge in [-0.1, -0.05) is 11.6 Å². The number of anilines is 1. The van der Waals surface area contributed by atoms with Crippen LogP contribution in [0.5, 0.6) is 11.8 Å². The fourth-order valence-electron chi connectivity index (χ4n) is 3.80. The zero-order valence-electron chi connectivity index (χ0n) is 17.1. The van der Waals surface area contributed by atoms with E-state index >= 15 is 0 Å². The topological polar surface area (TPSA) is 104 Å². The molecule has 0 spiro atoms. The van der Waals surface area contributed by atoms with E-state index in [0.717, 1.165) is 25.7 Å². The van der Waals surface area contributed by atoms with Crippen LogP contribution in [0, 0.1) is 5.92 Å². The van der Waals surface area contributed by atoms with E-state index in [0.29, 0.717) is 24.7 Å². The molecular formula is C21H23ClN4O5. The first-order chi connectivity index (χ1) is 15.1. The van der Waals surface area contributed by atoms with Crippen molar-refractivity contribution in [2.45, 2.75) is 38.7 Å². The number of rotatable bonds is 5. The Morgan fingerprint density at radius 3 is 2.74 bits per heavy atom. The molecule has 9 nitrogen and oxygen atoms in total. The van der Waals surface area contributed by atoms with E-state index in [1.807, 2.05) is 6.92 Å². The molecule has 31 heavy (non-hydrogen) atoms. The molecule has 10 heteroatoms. The number of aromatic nitrogens is 3. The highest BCUT2D eigenvalue weighted by atomic mass is 35.5. The standard InChI is InChI=1S/C21H23ClN4O5/c1-2-29-21(28)13-3-6-15(7-4-13)31-16-8-5-14(11-23-16)26-9-10-30-19-17(20(26)27)18(22)24-12-25-19/h5,8,11-13,15H,2-4,6-7,9-10H2,1H3. The van der Waals surface area contributed by atoms with Crippen LogP contribution in [0.3, 0.4) is 0 Å². The van der Waals surface area contributed by atoms with Crippen molar-refractivity contribution in [1.29, 1.82) is 0 Å². The second kappa shape index (κ2) is 9.47. The number of carbonyl (C=O) groups is 2. The van der Waals surface area contributed by atoms with Gasteiger partial charge in [-0.25, -0.2) is 15.0 Å². The fraction of sp³-hybridized carbons (Fsp3) is 0.476. The maximum absolute atomic E-state index is 13.0. The number of carbonyl (C=O) groups excluding carboxylic acids is 2. The predicted octanol–water partition coefficient (Wildman–Crippen LogP) is 3.06. The van der Waals surface area contributed by atoms with Crippen LogP contribution in [0.25, 0.3) is 0 Å². The third kappa shape index (κ3) is 4.71. The second-order valence-electron chi connectivity index (χ2n) is 7.35. The summed E-state index contributed by atoms with van der Waals surface area (Å²) in [6, 6.07) is 3.50. The summed E-state index contributed by atoms with van der Waals surface area (Å²) in [7, 11) is 0. The Labute approximate surface area is 184 Å². The van der Waals surface area contributed by atoms with Crippen LogP contribution in [-0.2, 0) is 9.53 Å². The Balaban J connectivity index is 1.39. The molecule has 1 fully saturated rings. The molecule has 164 valence electrons. The number of fused-ring (bicyclic) bond motifs is 1. The zero-order chi connectivity index (χ0) is 21.8. The Morgan fingerprint density at radius 2 is 2.03 bits per heavy atom. The van der Waals surface area contributed by atoms with Gasteiger partial charge in [-0.2, -0.15) is 0 Å². The summed E-state index contributed by atoms with van der Waals surface area (Å²) in [5, 5.41) is 0.0493. The Kier molecular flexibility index (Phi) is 6.50. The summed E-state index contributed by atoms with van der Waals surface area (Å²) < 4.78 is 16.6. The van der Waals surface area contributed by atoms with Crippen LogP contribution < -0.4 is 14.4 Å². The summed E-state index contributed by atoms with van der Waals surface area (Å²) in [5.74, 6) is 0.139. The van der Waals surface area contributed by atoms with Crippen LogP contribution in [0.15, 0.2) is 24.7 Å². The maximum Gasteiger partial charge on any atom is 0.308 e. The molecule has 4 rings (SSSR count). The van der Waals surface area contributed by atoms with E-state index in [9.17, 15) is 9.59 Å². The number of ether oxygens (including phenoxy) is 3. The molecule has 0 N–H and O–H groups in total. The number of hydrogen-bond donors (Lipinski definition) is 0. The highest BCUT2D eigenvalue weighted by molar-refractivity contribution is 6.33. The van der Waals surface area contributed by atoms with E-state index < -0.39 is 0 Å².